The van der Waals surface area contributed by atoms with Crippen molar-refractivity contribution in [1.29, 1.82) is 0 Å². The summed E-state index contributed by atoms with van der Waals surface area (Å²) in [5.41, 5.74) is 0.965. The van der Waals surface area contributed by atoms with Crippen LogP contribution < -0.4 is 9.64 Å². The molecule has 19 heavy (non-hydrogen) atoms. The molecule has 1 heterocycles. The number of hydrogen-bond acceptors (Lipinski definition) is 4. The molecule has 0 aliphatic carbocycles. The molecular formula is C13H16N2O3S. The first-order valence-electron chi connectivity index (χ1n) is 6.04. The maximum atomic E-state index is 11.4. The highest BCUT2D eigenvalue weighted by molar-refractivity contribution is 8.14. The van der Waals surface area contributed by atoms with Gasteiger partial charge in [-0.05, 0) is 19.1 Å². The Morgan fingerprint density at radius 1 is 1.53 bits per heavy atom. The number of aliphatic imine (C=N–C) groups is 1. The SMILES string of the molecule is CCOC(=O)/N=C1\SCCN1c1cccc(OC)c1. The molecule has 0 atom stereocenters. The van der Waals surface area contributed by atoms with Crippen LogP contribution >= 0.6 is 11.8 Å². The van der Waals surface area contributed by atoms with Gasteiger partial charge in [0.05, 0.1) is 13.7 Å². The van der Waals surface area contributed by atoms with Crippen molar-refractivity contribution in [2.24, 2.45) is 4.99 Å². The first-order valence-corrected chi connectivity index (χ1v) is 7.03. The van der Waals surface area contributed by atoms with Crippen LogP contribution in [-0.2, 0) is 4.74 Å². The van der Waals surface area contributed by atoms with Gasteiger partial charge in [-0.3, -0.25) is 0 Å². The molecule has 0 radical (unpaired) electrons. The zero-order chi connectivity index (χ0) is 13.7. The second kappa shape index (κ2) is 6.47. The molecule has 2 rings (SSSR count). The molecule has 0 saturated carbocycles. The van der Waals surface area contributed by atoms with E-state index in [1.165, 1.54) is 0 Å². The smallest absolute Gasteiger partial charge is 0.436 e. The van der Waals surface area contributed by atoms with Crippen molar-refractivity contribution in [2.75, 3.05) is 30.9 Å². The van der Waals surface area contributed by atoms with Crippen molar-refractivity contribution in [3.8, 4) is 5.75 Å². The Bertz CT molecular complexity index is 491. The van der Waals surface area contributed by atoms with Crippen LogP contribution in [0.15, 0.2) is 29.3 Å². The van der Waals surface area contributed by atoms with Crippen molar-refractivity contribution in [2.45, 2.75) is 6.92 Å². The summed E-state index contributed by atoms with van der Waals surface area (Å²) in [4.78, 5) is 17.4. The highest BCUT2D eigenvalue weighted by Gasteiger charge is 2.22. The van der Waals surface area contributed by atoms with Gasteiger partial charge in [0.15, 0.2) is 5.17 Å². The molecule has 0 aromatic heterocycles. The van der Waals surface area contributed by atoms with Crippen LogP contribution in [0.4, 0.5) is 10.5 Å². The average Bonchev–Trinajstić information content (AvgIpc) is 2.87. The lowest BCUT2D eigenvalue weighted by Crippen LogP contribution is -2.24. The fraction of sp³-hybridized carbons (Fsp3) is 0.385. The molecule has 1 amide bonds. The van der Waals surface area contributed by atoms with Gasteiger partial charge in [-0.2, -0.15) is 4.99 Å². The van der Waals surface area contributed by atoms with Crippen molar-refractivity contribution in [3.05, 3.63) is 24.3 Å². The molecule has 1 aliphatic rings. The normalized spacial score (nSPS) is 16.7. The Labute approximate surface area is 116 Å². The van der Waals surface area contributed by atoms with Crippen molar-refractivity contribution >= 4 is 28.7 Å². The first kappa shape index (κ1) is 13.7. The summed E-state index contributed by atoms with van der Waals surface area (Å²) in [6.07, 6.45) is -0.542. The third-order valence-electron chi connectivity index (χ3n) is 2.60. The third-order valence-corrected chi connectivity index (χ3v) is 3.55. The highest BCUT2D eigenvalue weighted by atomic mass is 32.2. The molecule has 0 unspecified atom stereocenters. The predicted molar refractivity (Wildman–Crippen MR) is 77.3 cm³/mol. The number of benzene rings is 1. The van der Waals surface area contributed by atoms with E-state index < -0.39 is 6.09 Å². The highest BCUT2D eigenvalue weighted by Crippen LogP contribution is 2.28. The van der Waals surface area contributed by atoms with Crippen LogP contribution in [0.25, 0.3) is 0 Å². The van der Waals surface area contributed by atoms with Gasteiger partial charge in [0.25, 0.3) is 0 Å². The summed E-state index contributed by atoms with van der Waals surface area (Å²) < 4.78 is 10.0. The van der Waals surface area contributed by atoms with Crippen LogP contribution in [0.5, 0.6) is 5.75 Å². The summed E-state index contributed by atoms with van der Waals surface area (Å²) in [5.74, 6) is 1.68. The lowest BCUT2D eigenvalue weighted by molar-refractivity contribution is 0.163. The number of nitrogens with zero attached hydrogens (tertiary/aromatic N) is 2. The Morgan fingerprint density at radius 2 is 2.37 bits per heavy atom. The number of rotatable bonds is 3. The molecule has 5 nitrogen and oxygen atoms in total. The van der Waals surface area contributed by atoms with Gasteiger partial charge in [-0.25, -0.2) is 4.79 Å². The van der Waals surface area contributed by atoms with E-state index in [1.54, 1.807) is 25.8 Å². The molecule has 1 saturated heterocycles. The van der Waals surface area contributed by atoms with Crippen molar-refractivity contribution in [1.82, 2.24) is 0 Å². The third kappa shape index (κ3) is 3.41. The first-order chi connectivity index (χ1) is 9.24. The number of methoxy groups -OCH3 is 1. The Morgan fingerprint density at radius 3 is 3.11 bits per heavy atom. The minimum atomic E-state index is -0.542. The van der Waals surface area contributed by atoms with Gasteiger partial charge in [-0.15, -0.1) is 0 Å². The molecule has 102 valence electrons. The minimum Gasteiger partial charge on any atom is -0.497 e. The van der Waals surface area contributed by atoms with Crippen LogP contribution in [0.1, 0.15) is 6.92 Å². The Hall–Kier alpha value is -1.69. The fourth-order valence-corrected chi connectivity index (χ4v) is 2.69. The second-order valence-corrected chi connectivity index (χ2v) is 4.86. The monoisotopic (exact) mass is 280 g/mol. The average molecular weight is 280 g/mol. The summed E-state index contributed by atoms with van der Waals surface area (Å²) in [7, 11) is 1.63. The molecule has 0 N–H and O–H groups in total. The van der Waals surface area contributed by atoms with E-state index >= 15 is 0 Å². The molecule has 1 fully saturated rings. The van der Waals surface area contributed by atoms with Crippen LogP contribution in [0, 0.1) is 0 Å². The van der Waals surface area contributed by atoms with E-state index in [1.807, 2.05) is 29.2 Å². The lowest BCUT2D eigenvalue weighted by atomic mass is 10.3. The zero-order valence-electron chi connectivity index (χ0n) is 11.0. The molecule has 1 aliphatic heterocycles. The van der Waals surface area contributed by atoms with Crippen molar-refractivity contribution < 1.29 is 14.3 Å². The minimum absolute atomic E-state index is 0.333. The topological polar surface area (TPSA) is 51.1 Å². The van der Waals surface area contributed by atoms with E-state index in [4.69, 9.17) is 9.47 Å². The van der Waals surface area contributed by atoms with Crippen LogP contribution in [-0.4, -0.2) is 37.3 Å². The van der Waals surface area contributed by atoms with Crippen LogP contribution in [0.2, 0.25) is 0 Å². The number of carbonyl (C=O) groups excluding carboxylic acids is 1. The number of hydrogen-bond donors (Lipinski definition) is 0. The Balaban J connectivity index is 2.20. The van der Waals surface area contributed by atoms with E-state index in [-0.39, 0.29) is 0 Å². The van der Waals surface area contributed by atoms with Gasteiger partial charge in [-0.1, -0.05) is 17.8 Å². The maximum absolute atomic E-state index is 11.4. The maximum Gasteiger partial charge on any atom is 0.436 e. The molecular weight excluding hydrogens is 264 g/mol. The molecule has 0 bridgehead atoms. The van der Waals surface area contributed by atoms with Gasteiger partial charge in [0, 0.05) is 24.1 Å². The van der Waals surface area contributed by atoms with Gasteiger partial charge < -0.3 is 14.4 Å². The number of amidine groups is 1. The standard InChI is InChI=1S/C13H16N2O3S/c1-3-18-13(16)14-12-15(7-8-19-12)10-5-4-6-11(9-10)17-2/h4-6,9H,3,7-8H2,1-2H3/b14-12-. The van der Waals surface area contributed by atoms with Crippen molar-refractivity contribution in [3.63, 3.8) is 0 Å². The number of anilines is 1. The van der Waals surface area contributed by atoms with E-state index in [9.17, 15) is 4.79 Å². The number of amides is 1. The van der Waals surface area contributed by atoms with Gasteiger partial charge in [0.2, 0.25) is 0 Å². The van der Waals surface area contributed by atoms with E-state index in [0.717, 1.165) is 23.7 Å². The second-order valence-electron chi connectivity index (χ2n) is 3.79. The van der Waals surface area contributed by atoms with E-state index in [0.29, 0.717) is 11.8 Å². The molecule has 0 spiro atoms. The summed E-state index contributed by atoms with van der Waals surface area (Å²) >= 11 is 1.55. The quantitative estimate of drug-likeness (QED) is 0.852. The van der Waals surface area contributed by atoms with Gasteiger partial charge in [0.1, 0.15) is 5.75 Å². The molecule has 1 aromatic rings. The van der Waals surface area contributed by atoms with E-state index in [2.05, 4.69) is 4.99 Å². The molecule has 1 aromatic carbocycles. The Kier molecular flexibility index (Phi) is 4.68. The van der Waals surface area contributed by atoms with Crippen LogP contribution in [0.3, 0.4) is 0 Å². The summed E-state index contributed by atoms with van der Waals surface area (Å²) in [6, 6.07) is 7.69. The summed E-state index contributed by atoms with van der Waals surface area (Å²) in [6.45, 7) is 2.91. The molecule has 6 heteroatoms. The summed E-state index contributed by atoms with van der Waals surface area (Å²) in [5, 5.41) is 0.673. The van der Waals surface area contributed by atoms with Gasteiger partial charge >= 0.3 is 6.09 Å². The number of carbonyl (C=O) groups is 1. The number of ether oxygens (including phenoxy) is 2. The predicted octanol–water partition coefficient (Wildman–Crippen LogP) is 2.76. The zero-order valence-corrected chi connectivity index (χ0v) is 11.8. The lowest BCUT2D eigenvalue weighted by Gasteiger charge is -2.18. The largest absolute Gasteiger partial charge is 0.497 e. The number of thioether (sulfide) groups is 1. The fourth-order valence-electron chi connectivity index (χ4n) is 1.75.